The molecule has 0 spiro atoms. The molecule has 1 aliphatic heterocycles. The molecule has 2 atom stereocenters. The van der Waals surface area contributed by atoms with E-state index in [1.54, 1.807) is 0 Å². The lowest BCUT2D eigenvalue weighted by Gasteiger charge is -2.41. The molecule has 4 nitrogen and oxygen atoms in total. The Morgan fingerprint density at radius 1 is 1.44 bits per heavy atom. The molecule has 0 bridgehead atoms. The molecule has 0 amide bonds. The van der Waals surface area contributed by atoms with Crippen molar-refractivity contribution in [3.05, 3.63) is 17.0 Å². The summed E-state index contributed by atoms with van der Waals surface area (Å²) in [6.45, 7) is 14.0. The van der Waals surface area contributed by atoms with Gasteiger partial charge in [-0.05, 0) is 26.7 Å². The Kier molecular flexibility index (Phi) is 4.07. The second kappa shape index (κ2) is 5.41. The van der Waals surface area contributed by atoms with Gasteiger partial charge in [-0.2, -0.15) is 0 Å². The van der Waals surface area contributed by atoms with E-state index in [9.17, 15) is 0 Å². The zero-order valence-electron chi connectivity index (χ0n) is 12.2. The number of aromatic nitrogens is 1. The molecule has 1 aromatic rings. The number of aryl methyl sites for hydroxylation is 2. The molecule has 0 aromatic carbocycles. The second-order valence-corrected chi connectivity index (χ2v) is 5.85. The van der Waals surface area contributed by atoms with Crippen LogP contribution in [0.4, 0.5) is 0 Å². The third-order valence-corrected chi connectivity index (χ3v) is 3.96. The minimum atomic E-state index is 0.556. The van der Waals surface area contributed by atoms with E-state index in [4.69, 9.17) is 4.52 Å². The molecular formula is C14H25N3O. The van der Waals surface area contributed by atoms with E-state index >= 15 is 0 Å². The number of nitrogens with zero attached hydrogens (tertiary/aromatic N) is 2. The average Bonchev–Trinajstić information content (AvgIpc) is 2.60. The normalized spacial score (nSPS) is 25.9. The summed E-state index contributed by atoms with van der Waals surface area (Å²) in [5.74, 6) is 1.62. The van der Waals surface area contributed by atoms with E-state index in [0.29, 0.717) is 18.0 Å². The van der Waals surface area contributed by atoms with Gasteiger partial charge in [-0.1, -0.05) is 19.0 Å². The summed E-state index contributed by atoms with van der Waals surface area (Å²) in [7, 11) is 0. The van der Waals surface area contributed by atoms with Crippen molar-refractivity contribution in [2.75, 3.05) is 13.1 Å². The first kappa shape index (κ1) is 13.6. The van der Waals surface area contributed by atoms with Crippen LogP contribution in [-0.2, 0) is 6.54 Å². The molecule has 4 heteroatoms. The van der Waals surface area contributed by atoms with Crippen LogP contribution in [0.15, 0.2) is 4.52 Å². The summed E-state index contributed by atoms with van der Waals surface area (Å²) in [5, 5.41) is 7.62. The van der Waals surface area contributed by atoms with Gasteiger partial charge < -0.3 is 9.84 Å². The first-order valence-corrected chi connectivity index (χ1v) is 6.88. The van der Waals surface area contributed by atoms with Crippen LogP contribution < -0.4 is 5.32 Å². The Morgan fingerprint density at radius 2 is 2.17 bits per heavy atom. The molecule has 0 radical (unpaired) electrons. The molecule has 2 unspecified atom stereocenters. The van der Waals surface area contributed by atoms with E-state index in [2.05, 4.69) is 36.1 Å². The molecule has 0 aliphatic carbocycles. The Hall–Kier alpha value is -0.870. The SMILES string of the molecule is Cc1noc(C)c1CN1CC(C)NCC1C(C)C. The van der Waals surface area contributed by atoms with Crippen LogP contribution in [-0.4, -0.2) is 35.2 Å². The standard InChI is InChI=1S/C14H25N3O/c1-9(2)14-6-15-10(3)7-17(14)8-13-11(4)16-18-12(13)5/h9-10,14-15H,6-8H2,1-5H3. The Balaban J connectivity index is 2.14. The van der Waals surface area contributed by atoms with Crippen molar-refractivity contribution >= 4 is 0 Å². The fourth-order valence-electron chi connectivity index (χ4n) is 2.77. The second-order valence-electron chi connectivity index (χ2n) is 5.85. The van der Waals surface area contributed by atoms with Crippen molar-refractivity contribution in [2.45, 2.75) is 53.2 Å². The summed E-state index contributed by atoms with van der Waals surface area (Å²) < 4.78 is 5.27. The molecule has 1 aliphatic rings. The average molecular weight is 251 g/mol. The minimum absolute atomic E-state index is 0.556. The Labute approximate surface area is 110 Å². The lowest BCUT2D eigenvalue weighted by molar-refractivity contribution is 0.0949. The number of rotatable bonds is 3. The van der Waals surface area contributed by atoms with E-state index < -0.39 is 0 Å². The number of piperazine rings is 1. The first-order chi connectivity index (χ1) is 8.49. The van der Waals surface area contributed by atoms with Gasteiger partial charge >= 0.3 is 0 Å². The van der Waals surface area contributed by atoms with Crippen molar-refractivity contribution in [2.24, 2.45) is 5.92 Å². The van der Waals surface area contributed by atoms with Gasteiger partial charge in [-0.25, -0.2) is 0 Å². The van der Waals surface area contributed by atoms with Gasteiger partial charge in [0.1, 0.15) is 5.76 Å². The maximum Gasteiger partial charge on any atom is 0.138 e. The molecule has 18 heavy (non-hydrogen) atoms. The van der Waals surface area contributed by atoms with Crippen molar-refractivity contribution in [1.29, 1.82) is 0 Å². The summed E-state index contributed by atoms with van der Waals surface area (Å²) in [6.07, 6.45) is 0. The predicted octanol–water partition coefficient (Wildman–Crippen LogP) is 2.11. The van der Waals surface area contributed by atoms with Gasteiger partial charge in [0.25, 0.3) is 0 Å². The van der Waals surface area contributed by atoms with Crippen LogP contribution >= 0.6 is 0 Å². The Bertz CT molecular complexity index is 380. The zero-order valence-corrected chi connectivity index (χ0v) is 12.2. The lowest BCUT2D eigenvalue weighted by Crippen LogP contribution is -2.56. The molecule has 1 fully saturated rings. The van der Waals surface area contributed by atoms with Crippen LogP contribution in [0, 0.1) is 19.8 Å². The molecule has 102 valence electrons. The third-order valence-electron chi connectivity index (χ3n) is 3.96. The topological polar surface area (TPSA) is 41.3 Å². The zero-order chi connectivity index (χ0) is 13.3. The number of hydrogen-bond acceptors (Lipinski definition) is 4. The molecule has 1 aromatic heterocycles. The highest BCUT2D eigenvalue weighted by molar-refractivity contribution is 5.20. The van der Waals surface area contributed by atoms with Gasteiger partial charge in [0.15, 0.2) is 0 Å². The fourth-order valence-corrected chi connectivity index (χ4v) is 2.77. The predicted molar refractivity (Wildman–Crippen MR) is 72.5 cm³/mol. The highest BCUT2D eigenvalue weighted by atomic mass is 16.5. The summed E-state index contributed by atoms with van der Waals surface area (Å²) in [4.78, 5) is 2.57. The smallest absolute Gasteiger partial charge is 0.138 e. The summed E-state index contributed by atoms with van der Waals surface area (Å²) in [6, 6.07) is 1.15. The summed E-state index contributed by atoms with van der Waals surface area (Å²) >= 11 is 0. The third kappa shape index (κ3) is 2.75. The van der Waals surface area contributed by atoms with Crippen LogP contribution in [0.1, 0.15) is 37.8 Å². The van der Waals surface area contributed by atoms with Crippen molar-refractivity contribution < 1.29 is 4.52 Å². The Morgan fingerprint density at radius 3 is 2.72 bits per heavy atom. The molecule has 1 N–H and O–H groups in total. The van der Waals surface area contributed by atoms with Crippen molar-refractivity contribution in [3.63, 3.8) is 0 Å². The fraction of sp³-hybridized carbons (Fsp3) is 0.786. The van der Waals surface area contributed by atoms with Crippen LogP contribution in [0.5, 0.6) is 0 Å². The quantitative estimate of drug-likeness (QED) is 0.893. The van der Waals surface area contributed by atoms with E-state index in [1.165, 1.54) is 5.56 Å². The molecule has 1 saturated heterocycles. The first-order valence-electron chi connectivity index (χ1n) is 6.88. The number of hydrogen-bond donors (Lipinski definition) is 1. The molecule has 2 heterocycles. The van der Waals surface area contributed by atoms with Gasteiger partial charge in [0, 0.05) is 37.3 Å². The number of nitrogens with one attached hydrogen (secondary N) is 1. The molecular weight excluding hydrogens is 226 g/mol. The monoisotopic (exact) mass is 251 g/mol. The van der Waals surface area contributed by atoms with Gasteiger partial charge in [0.2, 0.25) is 0 Å². The van der Waals surface area contributed by atoms with Crippen molar-refractivity contribution in [3.8, 4) is 0 Å². The minimum Gasteiger partial charge on any atom is -0.361 e. The molecule has 0 saturated carbocycles. The van der Waals surface area contributed by atoms with E-state index in [0.717, 1.165) is 31.1 Å². The van der Waals surface area contributed by atoms with Crippen molar-refractivity contribution in [1.82, 2.24) is 15.4 Å². The lowest BCUT2D eigenvalue weighted by atomic mass is 9.98. The van der Waals surface area contributed by atoms with Gasteiger partial charge in [-0.15, -0.1) is 0 Å². The summed E-state index contributed by atoms with van der Waals surface area (Å²) in [5.41, 5.74) is 2.29. The largest absolute Gasteiger partial charge is 0.361 e. The van der Waals surface area contributed by atoms with E-state index in [1.807, 2.05) is 13.8 Å². The van der Waals surface area contributed by atoms with Gasteiger partial charge in [-0.3, -0.25) is 4.90 Å². The maximum absolute atomic E-state index is 5.27. The maximum atomic E-state index is 5.27. The van der Waals surface area contributed by atoms with Gasteiger partial charge in [0.05, 0.1) is 5.69 Å². The van der Waals surface area contributed by atoms with Crippen LogP contribution in [0.3, 0.4) is 0 Å². The van der Waals surface area contributed by atoms with E-state index in [-0.39, 0.29) is 0 Å². The molecule has 2 rings (SSSR count). The highest BCUT2D eigenvalue weighted by Gasteiger charge is 2.29. The van der Waals surface area contributed by atoms with Crippen LogP contribution in [0.2, 0.25) is 0 Å². The van der Waals surface area contributed by atoms with Crippen LogP contribution in [0.25, 0.3) is 0 Å². The highest BCUT2D eigenvalue weighted by Crippen LogP contribution is 2.21.